The number of hydrogen-bond acceptors (Lipinski definition) is 4. The summed E-state index contributed by atoms with van der Waals surface area (Å²) < 4.78 is 0. The van der Waals surface area contributed by atoms with E-state index < -0.39 is 6.41 Å². The number of aliphatic hydroxyl groups excluding tert-OH is 1. The first kappa shape index (κ1) is 8.99. The summed E-state index contributed by atoms with van der Waals surface area (Å²) in [6, 6.07) is 7.54. The van der Waals surface area contributed by atoms with Crippen molar-refractivity contribution < 1.29 is 9.94 Å². The van der Waals surface area contributed by atoms with Crippen LogP contribution in [0.2, 0.25) is 0 Å². The first-order chi connectivity index (χ1) is 5.70. The van der Waals surface area contributed by atoms with Crippen molar-refractivity contribution in [3.05, 3.63) is 29.8 Å². The van der Waals surface area contributed by atoms with Gasteiger partial charge in [0.2, 0.25) is 6.41 Å². The van der Waals surface area contributed by atoms with E-state index in [1.165, 1.54) is 0 Å². The standard InChI is InChI=1S/C8H12N2O2/c1-6-4-2-3-5-7(6)10-12-8(9)11/h2-5,8,10-11H,9H2,1H3. The maximum atomic E-state index is 8.60. The van der Waals surface area contributed by atoms with Gasteiger partial charge in [-0.2, -0.15) is 0 Å². The number of para-hydroxylation sites is 1. The summed E-state index contributed by atoms with van der Waals surface area (Å²) in [7, 11) is 0. The van der Waals surface area contributed by atoms with Crippen molar-refractivity contribution in [3.63, 3.8) is 0 Å². The van der Waals surface area contributed by atoms with E-state index >= 15 is 0 Å². The number of aliphatic hydroxyl groups is 1. The van der Waals surface area contributed by atoms with Gasteiger partial charge in [0.15, 0.2) is 0 Å². The van der Waals surface area contributed by atoms with Crippen LogP contribution in [0.3, 0.4) is 0 Å². The molecule has 1 atom stereocenters. The molecular weight excluding hydrogens is 156 g/mol. The molecular formula is C8H12N2O2. The van der Waals surface area contributed by atoms with Crippen molar-refractivity contribution in [1.82, 2.24) is 0 Å². The SMILES string of the molecule is Cc1ccccc1NOC(N)O. The normalized spacial score (nSPS) is 12.6. The molecule has 0 aliphatic heterocycles. The number of hydrogen-bond donors (Lipinski definition) is 3. The Balaban J connectivity index is 2.57. The Morgan fingerprint density at radius 1 is 1.50 bits per heavy atom. The second kappa shape index (κ2) is 4.06. The average molecular weight is 168 g/mol. The summed E-state index contributed by atoms with van der Waals surface area (Å²) in [6.45, 7) is 1.93. The molecule has 0 amide bonds. The molecule has 4 nitrogen and oxygen atoms in total. The van der Waals surface area contributed by atoms with E-state index in [1.807, 2.05) is 31.2 Å². The third-order valence-corrected chi connectivity index (χ3v) is 1.43. The van der Waals surface area contributed by atoms with Crippen LogP contribution in [0.25, 0.3) is 0 Å². The van der Waals surface area contributed by atoms with Crippen molar-refractivity contribution in [2.24, 2.45) is 5.73 Å². The smallest absolute Gasteiger partial charge is 0.235 e. The fourth-order valence-electron chi connectivity index (χ4n) is 0.811. The van der Waals surface area contributed by atoms with Gasteiger partial charge in [-0.3, -0.25) is 11.2 Å². The summed E-state index contributed by atoms with van der Waals surface area (Å²) in [5.41, 5.74) is 9.32. The lowest BCUT2D eigenvalue weighted by Gasteiger charge is -2.10. The summed E-state index contributed by atoms with van der Waals surface area (Å²) >= 11 is 0. The molecule has 0 bridgehead atoms. The van der Waals surface area contributed by atoms with Crippen LogP contribution in [-0.4, -0.2) is 11.5 Å². The van der Waals surface area contributed by atoms with Gasteiger partial charge in [-0.25, -0.2) is 4.84 Å². The molecule has 0 aromatic heterocycles. The predicted octanol–water partition coefficient (Wildman–Crippen LogP) is 0.573. The van der Waals surface area contributed by atoms with Crippen molar-refractivity contribution in [2.45, 2.75) is 13.3 Å². The fraction of sp³-hybridized carbons (Fsp3) is 0.250. The maximum absolute atomic E-state index is 8.60. The average Bonchev–Trinajstić information content (AvgIpc) is 2.03. The second-order valence-electron chi connectivity index (χ2n) is 2.43. The first-order valence-electron chi connectivity index (χ1n) is 3.61. The highest BCUT2D eigenvalue weighted by atomic mass is 16.7. The van der Waals surface area contributed by atoms with Crippen molar-refractivity contribution in [3.8, 4) is 0 Å². The largest absolute Gasteiger partial charge is 0.354 e. The Labute approximate surface area is 70.9 Å². The minimum Gasteiger partial charge on any atom is -0.354 e. The molecule has 0 spiro atoms. The molecule has 1 rings (SSSR count). The van der Waals surface area contributed by atoms with Gasteiger partial charge in [0.25, 0.3) is 0 Å². The van der Waals surface area contributed by atoms with Crippen LogP contribution in [-0.2, 0) is 4.84 Å². The number of aryl methyl sites for hydroxylation is 1. The Kier molecular flexibility index (Phi) is 3.04. The van der Waals surface area contributed by atoms with Gasteiger partial charge in [-0.05, 0) is 18.6 Å². The molecule has 1 aromatic rings. The topological polar surface area (TPSA) is 67.5 Å². The van der Waals surface area contributed by atoms with Gasteiger partial charge in [-0.15, -0.1) is 0 Å². The summed E-state index contributed by atoms with van der Waals surface area (Å²) in [5.74, 6) is 0. The van der Waals surface area contributed by atoms with Crippen molar-refractivity contribution >= 4 is 5.69 Å². The van der Waals surface area contributed by atoms with Gasteiger partial charge in [-0.1, -0.05) is 18.2 Å². The molecule has 0 fully saturated rings. The van der Waals surface area contributed by atoms with E-state index in [4.69, 9.17) is 10.8 Å². The van der Waals surface area contributed by atoms with E-state index in [0.29, 0.717) is 0 Å². The molecule has 1 unspecified atom stereocenters. The summed E-state index contributed by atoms with van der Waals surface area (Å²) in [5, 5.41) is 8.60. The number of benzene rings is 1. The van der Waals surface area contributed by atoms with Gasteiger partial charge >= 0.3 is 0 Å². The zero-order valence-corrected chi connectivity index (χ0v) is 6.82. The number of nitrogens with one attached hydrogen (secondary N) is 1. The van der Waals surface area contributed by atoms with Gasteiger partial charge < -0.3 is 5.11 Å². The summed E-state index contributed by atoms with van der Waals surface area (Å²) in [4.78, 5) is 4.59. The van der Waals surface area contributed by atoms with Crippen LogP contribution in [0, 0.1) is 6.92 Å². The molecule has 12 heavy (non-hydrogen) atoms. The van der Waals surface area contributed by atoms with E-state index in [9.17, 15) is 0 Å². The molecule has 0 aliphatic rings. The molecule has 4 N–H and O–H groups in total. The van der Waals surface area contributed by atoms with Gasteiger partial charge in [0.05, 0.1) is 5.69 Å². The third kappa shape index (κ3) is 2.50. The van der Waals surface area contributed by atoms with Crippen LogP contribution >= 0.6 is 0 Å². The maximum Gasteiger partial charge on any atom is 0.235 e. The molecule has 1 aromatic carbocycles. The quantitative estimate of drug-likeness (QED) is 0.456. The van der Waals surface area contributed by atoms with E-state index in [2.05, 4.69) is 10.3 Å². The molecule has 0 radical (unpaired) electrons. The van der Waals surface area contributed by atoms with E-state index in [0.717, 1.165) is 11.3 Å². The Hall–Kier alpha value is -1.10. The van der Waals surface area contributed by atoms with Crippen molar-refractivity contribution in [2.75, 3.05) is 5.48 Å². The Morgan fingerprint density at radius 3 is 2.75 bits per heavy atom. The van der Waals surface area contributed by atoms with E-state index in [1.54, 1.807) is 0 Å². The lowest BCUT2D eigenvalue weighted by Crippen LogP contribution is -2.25. The number of rotatable bonds is 3. The Bertz CT molecular complexity index is 251. The zero-order chi connectivity index (χ0) is 8.97. The molecule has 4 heteroatoms. The number of anilines is 1. The lowest BCUT2D eigenvalue weighted by molar-refractivity contribution is -0.0689. The highest BCUT2D eigenvalue weighted by Crippen LogP contribution is 2.12. The fourth-order valence-corrected chi connectivity index (χ4v) is 0.811. The Morgan fingerprint density at radius 2 is 2.17 bits per heavy atom. The third-order valence-electron chi connectivity index (χ3n) is 1.43. The van der Waals surface area contributed by atoms with E-state index in [-0.39, 0.29) is 0 Å². The first-order valence-corrected chi connectivity index (χ1v) is 3.61. The van der Waals surface area contributed by atoms with Gasteiger partial charge in [0, 0.05) is 0 Å². The number of nitrogens with two attached hydrogens (primary N) is 1. The van der Waals surface area contributed by atoms with Crippen LogP contribution in [0.15, 0.2) is 24.3 Å². The summed E-state index contributed by atoms with van der Waals surface area (Å²) in [6.07, 6.45) is -1.30. The van der Waals surface area contributed by atoms with Crippen LogP contribution < -0.4 is 11.2 Å². The minimum atomic E-state index is -1.30. The molecule has 66 valence electrons. The zero-order valence-electron chi connectivity index (χ0n) is 6.82. The molecule has 0 heterocycles. The van der Waals surface area contributed by atoms with Crippen LogP contribution in [0.5, 0.6) is 0 Å². The predicted molar refractivity (Wildman–Crippen MR) is 46.1 cm³/mol. The van der Waals surface area contributed by atoms with Crippen molar-refractivity contribution in [1.29, 1.82) is 0 Å². The molecule has 0 saturated carbocycles. The lowest BCUT2D eigenvalue weighted by atomic mass is 10.2. The molecule has 0 saturated heterocycles. The van der Waals surface area contributed by atoms with Gasteiger partial charge in [0.1, 0.15) is 0 Å². The molecule has 0 aliphatic carbocycles. The second-order valence-corrected chi connectivity index (χ2v) is 2.43. The van der Waals surface area contributed by atoms with Crippen LogP contribution in [0.1, 0.15) is 5.56 Å². The highest BCUT2D eigenvalue weighted by molar-refractivity contribution is 5.48. The monoisotopic (exact) mass is 168 g/mol. The minimum absolute atomic E-state index is 0.794. The van der Waals surface area contributed by atoms with Crippen LogP contribution in [0.4, 0.5) is 5.69 Å². The highest BCUT2D eigenvalue weighted by Gasteiger charge is 1.97.